The maximum atomic E-state index is 5.70. The lowest BCUT2D eigenvalue weighted by atomic mass is 10.3. The van der Waals surface area contributed by atoms with E-state index in [4.69, 9.17) is 4.74 Å². The second-order valence-electron chi connectivity index (χ2n) is 4.13. The number of alkyl halides is 1. The van der Waals surface area contributed by atoms with Crippen molar-refractivity contribution in [3.8, 4) is 11.4 Å². The first-order valence-electron chi connectivity index (χ1n) is 6.16. The van der Waals surface area contributed by atoms with Crippen LogP contribution in [-0.4, -0.2) is 16.4 Å². The Morgan fingerprint density at radius 3 is 3.00 bits per heavy atom. The monoisotopic (exact) mass is 356 g/mol. The van der Waals surface area contributed by atoms with Crippen molar-refractivity contribution in [2.24, 2.45) is 0 Å². The Labute approximate surface area is 121 Å². The lowest BCUT2D eigenvalue weighted by Crippen LogP contribution is -1.98. The first-order valence-corrected chi connectivity index (χ1v) is 7.69. The number of hydrogen-bond acceptors (Lipinski definition) is 2. The van der Waals surface area contributed by atoms with Gasteiger partial charge in [-0.3, -0.25) is 0 Å². The molecule has 2 rings (SSSR count). The summed E-state index contributed by atoms with van der Waals surface area (Å²) in [6, 6.07) is 8.06. The minimum atomic E-state index is 0.776. The molecule has 4 heteroatoms. The number of halogens is 1. The summed E-state index contributed by atoms with van der Waals surface area (Å²) < 4.78 is 8.57. The fourth-order valence-corrected chi connectivity index (χ4v) is 2.01. The van der Waals surface area contributed by atoms with Crippen molar-refractivity contribution >= 4 is 22.6 Å². The number of rotatable bonds is 6. The van der Waals surface area contributed by atoms with Crippen molar-refractivity contribution in [3.63, 3.8) is 0 Å². The molecule has 1 heterocycles. The molecule has 2 aromatic rings. The summed E-state index contributed by atoms with van der Waals surface area (Å²) in [7, 11) is 0. The van der Waals surface area contributed by atoms with Crippen LogP contribution < -0.4 is 4.74 Å². The molecule has 0 saturated heterocycles. The van der Waals surface area contributed by atoms with Crippen LogP contribution >= 0.6 is 22.6 Å². The normalized spacial score (nSPS) is 10.6. The summed E-state index contributed by atoms with van der Waals surface area (Å²) in [5, 5.41) is 4.35. The summed E-state index contributed by atoms with van der Waals surface area (Å²) in [5.41, 5.74) is 2.27. The van der Waals surface area contributed by atoms with Gasteiger partial charge >= 0.3 is 0 Å². The molecule has 0 saturated carbocycles. The Morgan fingerprint density at radius 1 is 1.39 bits per heavy atom. The lowest BCUT2D eigenvalue weighted by Gasteiger charge is -2.07. The van der Waals surface area contributed by atoms with Crippen LogP contribution in [0.5, 0.6) is 5.75 Å². The molecule has 0 atom stereocenters. The van der Waals surface area contributed by atoms with Gasteiger partial charge in [-0.05, 0) is 18.6 Å². The van der Waals surface area contributed by atoms with E-state index in [9.17, 15) is 0 Å². The Morgan fingerprint density at radius 2 is 2.28 bits per heavy atom. The van der Waals surface area contributed by atoms with Gasteiger partial charge in [0, 0.05) is 22.3 Å². The number of nitrogens with zero attached hydrogens (tertiary/aromatic N) is 2. The second kappa shape index (κ2) is 6.78. The zero-order chi connectivity index (χ0) is 12.8. The molecular weight excluding hydrogens is 339 g/mol. The molecule has 0 spiro atoms. The van der Waals surface area contributed by atoms with Crippen molar-refractivity contribution in [2.75, 3.05) is 6.61 Å². The molecule has 0 unspecified atom stereocenters. The molecule has 0 amide bonds. The third kappa shape index (κ3) is 3.48. The summed E-state index contributed by atoms with van der Waals surface area (Å²) in [6.45, 7) is 2.94. The summed E-state index contributed by atoms with van der Waals surface area (Å²) in [5.74, 6) is 0.910. The molecule has 3 nitrogen and oxygen atoms in total. The highest BCUT2D eigenvalue weighted by atomic mass is 127. The standard InChI is InChI=1S/C14H17IN2O/c1-2-3-7-18-14-6-4-5-13(8-14)17-11-12(9-15)10-16-17/h4-6,8,10-11H,2-3,7,9H2,1H3. The van der Waals surface area contributed by atoms with Crippen LogP contribution in [0.2, 0.25) is 0 Å². The second-order valence-corrected chi connectivity index (χ2v) is 4.89. The van der Waals surface area contributed by atoms with E-state index in [1.807, 2.05) is 35.1 Å². The van der Waals surface area contributed by atoms with E-state index in [1.165, 1.54) is 5.56 Å². The molecule has 0 N–H and O–H groups in total. The molecule has 0 aliphatic heterocycles. The molecule has 0 bridgehead atoms. The van der Waals surface area contributed by atoms with Crippen LogP contribution in [0, 0.1) is 0 Å². The van der Waals surface area contributed by atoms with Gasteiger partial charge in [0.25, 0.3) is 0 Å². The third-order valence-corrected chi connectivity index (χ3v) is 3.52. The van der Waals surface area contributed by atoms with E-state index >= 15 is 0 Å². The maximum Gasteiger partial charge on any atom is 0.121 e. The molecule has 0 aliphatic carbocycles. The minimum absolute atomic E-state index is 0.776. The highest BCUT2D eigenvalue weighted by Crippen LogP contribution is 2.17. The van der Waals surface area contributed by atoms with Crippen LogP contribution in [-0.2, 0) is 4.43 Å². The molecule has 0 radical (unpaired) electrons. The van der Waals surface area contributed by atoms with Crippen molar-refractivity contribution < 1.29 is 4.74 Å². The predicted molar refractivity (Wildman–Crippen MR) is 81.7 cm³/mol. The quantitative estimate of drug-likeness (QED) is 0.445. The van der Waals surface area contributed by atoms with Crippen molar-refractivity contribution in [3.05, 3.63) is 42.2 Å². The van der Waals surface area contributed by atoms with Crippen LogP contribution in [0.3, 0.4) is 0 Å². The Balaban J connectivity index is 2.11. The number of aromatic nitrogens is 2. The summed E-state index contributed by atoms with van der Waals surface area (Å²) in [4.78, 5) is 0. The van der Waals surface area contributed by atoms with Crippen molar-refractivity contribution in [2.45, 2.75) is 24.2 Å². The molecule has 96 valence electrons. The fraction of sp³-hybridized carbons (Fsp3) is 0.357. The van der Waals surface area contributed by atoms with Crippen LogP contribution in [0.1, 0.15) is 25.3 Å². The van der Waals surface area contributed by atoms with E-state index in [1.54, 1.807) is 0 Å². The molecule has 0 aliphatic rings. The van der Waals surface area contributed by atoms with Gasteiger partial charge in [-0.2, -0.15) is 5.10 Å². The number of unbranched alkanes of at least 4 members (excludes halogenated alkanes) is 1. The van der Waals surface area contributed by atoms with Gasteiger partial charge in [0.1, 0.15) is 5.75 Å². The average molecular weight is 356 g/mol. The van der Waals surface area contributed by atoms with Gasteiger partial charge in [-0.1, -0.05) is 42.0 Å². The van der Waals surface area contributed by atoms with E-state index in [2.05, 4.69) is 40.8 Å². The van der Waals surface area contributed by atoms with Gasteiger partial charge in [-0.25, -0.2) is 4.68 Å². The number of hydrogen-bond donors (Lipinski definition) is 0. The maximum absolute atomic E-state index is 5.70. The zero-order valence-electron chi connectivity index (χ0n) is 10.5. The minimum Gasteiger partial charge on any atom is -0.494 e. The lowest BCUT2D eigenvalue weighted by molar-refractivity contribution is 0.309. The van der Waals surface area contributed by atoms with Gasteiger partial charge in [0.05, 0.1) is 18.5 Å². The van der Waals surface area contributed by atoms with Crippen LogP contribution in [0.15, 0.2) is 36.7 Å². The molecule has 1 aromatic carbocycles. The molecule has 1 aromatic heterocycles. The Kier molecular flexibility index (Phi) is 5.04. The van der Waals surface area contributed by atoms with Gasteiger partial charge in [0.2, 0.25) is 0 Å². The fourth-order valence-electron chi connectivity index (χ4n) is 1.62. The Hall–Kier alpha value is -1.04. The van der Waals surface area contributed by atoms with Crippen molar-refractivity contribution in [1.29, 1.82) is 0 Å². The Bertz CT molecular complexity index is 496. The smallest absolute Gasteiger partial charge is 0.121 e. The van der Waals surface area contributed by atoms with E-state index < -0.39 is 0 Å². The SMILES string of the molecule is CCCCOc1cccc(-n2cc(CI)cn2)c1. The van der Waals surface area contributed by atoms with Crippen LogP contribution in [0.25, 0.3) is 5.69 Å². The molecule has 18 heavy (non-hydrogen) atoms. The first kappa shape index (κ1) is 13.4. The largest absolute Gasteiger partial charge is 0.494 e. The van der Waals surface area contributed by atoms with Crippen molar-refractivity contribution in [1.82, 2.24) is 9.78 Å². The topological polar surface area (TPSA) is 27.1 Å². The summed E-state index contributed by atoms with van der Waals surface area (Å²) in [6.07, 6.45) is 6.19. The molecule has 0 fully saturated rings. The zero-order valence-corrected chi connectivity index (χ0v) is 12.6. The first-order chi connectivity index (χ1) is 8.83. The van der Waals surface area contributed by atoms with E-state index in [0.717, 1.165) is 35.3 Å². The number of ether oxygens (including phenoxy) is 1. The van der Waals surface area contributed by atoms with Crippen LogP contribution in [0.4, 0.5) is 0 Å². The predicted octanol–water partition coefficient (Wildman–Crippen LogP) is 3.99. The van der Waals surface area contributed by atoms with E-state index in [0.29, 0.717) is 0 Å². The molecular formula is C14H17IN2O. The highest BCUT2D eigenvalue weighted by molar-refractivity contribution is 14.1. The number of benzene rings is 1. The highest BCUT2D eigenvalue weighted by Gasteiger charge is 2.01. The van der Waals surface area contributed by atoms with Gasteiger partial charge in [-0.15, -0.1) is 0 Å². The van der Waals surface area contributed by atoms with Gasteiger partial charge < -0.3 is 4.74 Å². The average Bonchev–Trinajstić information content (AvgIpc) is 2.88. The summed E-state index contributed by atoms with van der Waals surface area (Å²) >= 11 is 2.34. The van der Waals surface area contributed by atoms with E-state index in [-0.39, 0.29) is 0 Å². The third-order valence-electron chi connectivity index (χ3n) is 2.64. The van der Waals surface area contributed by atoms with Gasteiger partial charge in [0.15, 0.2) is 0 Å².